The van der Waals surface area contributed by atoms with Crippen LogP contribution in [-0.4, -0.2) is 39.1 Å². The summed E-state index contributed by atoms with van der Waals surface area (Å²) in [5, 5.41) is 17.6. The van der Waals surface area contributed by atoms with Gasteiger partial charge in [0.25, 0.3) is 0 Å². The van der Waals surface area contributed by atoms with E-state index in [9.17, 15) is 17.9 Å². The topological polar surface area (TPSA) is 88.3 Å². The number of aliphatic hydroxyl groups excluding tert-OH is 1. The number of halogens is 3. The van der Waals surface area contributed by atoms with E-state index >= 15 is 8.78 Å². The van der Waals surface area contributed by atoms with E-state index in [1.54, 1.807) is 16.7 Å². The summed E-state index contributed by atoms with van der Waals surface area (Å²) in [7, 11) is -4.56. The lowest BCUT2D eigenvalue weighted by Gasteiger charge is -2.23. The van der Waals surface area contributed by atoms with Gasteiger partial charge < -0.3 is 9.67 Å². The molecule has 0 amide bonds. The van der Waals surface area contributed by atoms with E-state index in [0.29, 0.717) is 42.0 Å². The highest BCUT2D eigenvalue weighted by molar-refractivity contribution is 7.89. The maximum Gasteiger partial charge on any atom is 0.246 e. The third-order valence-corrected chi connectivity index (χ3v) is 9.25. The molecule has 232 valence electrons. The van der Waals surface area contributed by atoms with Gasteiger partial charge in [-0.15, -0.1) is 10.2 Å². The first-order valence-electron chi connectivity index (χ1n) is 14.2. The van der Waals surface area contributed by atoms with Gasteiger partial charge in [-0.2, -0.15) is 4.31 Å². The molecule has 0 saturated carbocycles. The molecule has 4 aromatic carbocycles. The van der Waals surface area contributed by atoms with Crippen LogP contribution in [0.5, 0.6) is 0 Å². The standard InChI is InChI=1S/C34H31F3N4O3S/c1-24(42)27-13-15-28(16-14-27)30-19-32(37)33(20-31(30)36)45(43,44)41(17-6-5-10-25-8-3-2-4-9-25)22-34-39-38-23-40(34)21-26-11-7-12-29(35)18-26/h2-4,7-9,11-16,18-20,23,42H,1,5-6,10,17,21-22H2. The number of nitrogens with zero attached hydrogens (tertiary/aromatic N) is 4. The maximum atomic E-state index is 15.6. The Morgan fingerprint density at radius 3 is 2.31 bits per heavy atom. The molecular formula is C34H31F3N4O3S. The number of unbranched alkanes of at least 4 members (excludes halogenated alkanes) is 1. The van der Waals surface area contributed by atoms with E-state index in [4.69, 9.17) is 0 Å². The second-order valence-corrected chi connectivity index (χ2v) is 12.5. The fourth-order valence-corrected chi connectivity index (χ4v) is 6.49. The molecule has 0 aliphatic rings. The zero-order valence-electron chi connectivity index (χ0n) is 24.3. The molecule has 0 fully saturated rings. The van der Waals surface area contributed by atoms with Crippen molar-refractivity contribution in [2.75, 3.05) is 6.54 Å². The molecule has 0 bridgehead atoms. The third kappa shape index (κ3) is 7.68. The molecule has 0 aliphatic carbocycles. The average molecular weight is 633 g/mol. The number of aryl methyl sites for hydroxylation is 1. The van der Waals surface area contributed by atoms with Crippen molar-refractivity contribution in [3.8, 4) is 11.1 Å². The quantitative estimate of drug-likeness (QED) is 0.110. The Hall–Kier alpha value is -4.74. The predicted molar refractivity (Wildman–Crippen MR) is 166 cm³/mol. The van der Waals surface area contributed by atoms with Gasteiger partial charge in [-0.1, -0.05) is 73.3 Å². The Bertz CT molecular complexity index is 1900. The number of aromatic nitrogens is 3. The van der Waals surface area contributed by atoms with Crippen molar-refractivity contribution >= 4 is 15.8 Å². The molecular weight excluding hydrogens is 601 g/mol. The van der Waals surface area contributed by atoms with Crippen molar-refractivity contribution in [3.05, 3.63) is 144 Å². The number of rotatable bonds is 13. The number of sulfonamides is 1. The summed E-state index contributed by atoms with van der Waals surface area (Å²) in [6.45, 7) is 3.37. The first-order chi connectivity index (χ1) is 21.6. The minimum atomic E-state index is -4.56. The molecule has 11 heteroatoms. The maximum absolute atomic E-state index is 15.6. The van der Waals surface area contributed by atoms with Crippen LogP contribution in [0.3, 0.4) is 0 Å². The normalized spacial score (nSPS) is 11.6. The molecule has 5 rings (SSSR count). The second kappa shape index (κ2) is 13.9. The smallest absolute Gasteiger partial charge is 0.246 e. The van der Waals surface area contributed by atoms with Gasteiger partial charge in [0.05, 0.1) is 13.1 Å². The van der Waals surface area contributed by atoms with Crippen LogP contribution in [0.1, 0.15) is 35.4 Å². The molecule has 1 heterocycles. The van der Waals surface area contributed by atoms with Crippen molar-refractivity contribution in [1.82, 2.24) is 19.1 Å². The van der Waals surface area contributed by atoms with Crippen LogP contribution >= 0.6 is 0 Å². The van der Waals surface area contributed by atoms with Crippen LogP contribution in [0.4, 0.5) is 13.2 Å². The van der Waals surface area contributed by atoms with Crippen LogP contribution < -0.4 is 0 Å². The number of hydrogen-bond acceptors (Lipinski definition) is 5. The average Bonchev–Trinajstić information content (AvgIpc) is 3.46. The molecule has 0 saturated heterocycles. The van der Waals surface area contributed by atoms with Crippen molar-refractivity contribution in [2.24, 2.45) is 0 Å². The fraction of sp³-hybridized carbons (Fsp3) is 0.176. The van der Waals surface area contributed by atoms with E-state index in [2.05, 4.69) is 16.8 Å². The third-order valence-electron chi connectivity index (χ3n) is 7.39. The largest absolute Gasteiger partial charge is 0.508 e. The minimum Gasteiger partial charge on any atom is -0.508 e. The SMILES string of the molecule is C=C(O)c1ccc(-c2cc(F)c(S(=O)(=O)N(CCCCc3ccccc3)Cc3nncn3Cc3cccc(F)c3)cc2F)cc1. The first kappa shape index (κ1) is 31.7. The van der Waals surface area contributed by atoms with Gasteiger partial charge in [0.2, 0.25) is 10.0 Å². The van der Waals surface area contributed by atoms with Gasteiger partial charge >= 0.3 is 0 Å². The molecule has 1 aromatic heterocycles. The van der Waals surface area contributed by atoms with Crippen molar-refractivity contribution < 1.29 is 26.7 Å². The zero-order valence-corrected chi connectivity index (χ0v) is 25.1. The number of aliphatic hydroxyl groups is 1. The molecule has 45 heavy (non-hydrogen) atoms. The summed E-state index contributed by atoms with van der Waals surface area (Å²) in [5.74, 6) is -2.37. The Balaban J connectivity index is 1.43. The van der Waals surface area contributed by atoms with E-state index in [1.165, 1.54) is 42.7 Å². The highest BCUT2D eigenvalue weighted by atomic mass is 32.2. The monoisotopic (exact) mass is 632 g/mol. The second-order valence-electron chi connectivity index (χ2n) is 10.6. The van der Waals surface area contributed by atoms with Crippen molar-refractivity contribution in [2.45, 2.75) is 37.2 Å². The Morgan fingerprint density at radius 2 is 1.60 bits per heavy atom. The molecule has 7 nitrogen and oxygen atoms in total. The first-order valence-corrected chi connectivity index (χ1v) is 15.7. The lowest BCUT2D eigenvalue weighted by atomic mass is 10.0. The molecule has 0 aliphatic heterocycles. The fourth-order valence-electron chi connectivity index (χ4n) is 5.00. The van der Waals surface area contributed by atoms with Crippen LogP contribution in [0.25, 0.3) is 16.9 Å². The Labute approximate surface area is 260 Å². The molecule has 0 atom stereocenters. The van der Waals surface area contributed by atoms with Crippen LogP contribution in [0, 0.1) is 17.5 Å². The van der Waals surface area contributed by atoms with E-state index in [1.807, 2.05) is 30.3 Å². The summed E-state index contributed by atoms with van der Waals surface area (Å²) >= 11 is 0. The summed E-state index contributed by atoms with van der Waals surface area (Å²) < 4.78 is 75.3. The van der Waals surface area contributed by atoms with Gasteiger partial charge in [-0.25, -0.2) is 21.6 Å². The van der Waals surface area contributed by atoms with Crippen molar-refractivity contribution in [1.29, 1.82) is 0 Å². The van der Waals surface area contributed by atoms with Gasteiger partial charge in [-0.3, -0.25) is 0 Å². The molecule has 0 unspecified atom stereocenters. The minimum absolute atomic E-state index is 0.0112. The highest BCUT2D eigenvalue weighted by Gasteiger charge is 2.30. The Kier molecular flexibility index (Phi) is 9.80. The summed E-state index contributed by atoms with van der Waals surface area (Å²) in [4.78, 5) is -0.802. The summed E-state index contributed by atoms with van der Waals surface area (Å²) in [6, 6.07) is 23.2. The van der Waals surface area contributed by atoms with Gasteiger partial charge in [-0.05, 0) is 60.2 Å². The van der Waals surface area contributed by atoms with Gasteiger partial charge in [0, 0.05) is 17.7 Å². The highest BCUT2D eigenvalue weighted by Crippen LogP contribution is 2.30. The van der Waals surface area contributed by atoms with E-state index in [-0.39, 0.29) is 36.8 Å². The molecule has 1 N–H and O–H groups in total. The molecule has 0 spiro atoms. The summed E-state index contributed by atoms with van der Waals surface area (Å²) in [6.07, 6.45) is 3.21. The Morgan fingerprint density at radius 1 is 0.867 bits per heavy atom. The summed E-state index contributed by atoms with van der Waals surface area (Å²) in [5.41, 5.74) is 2.29. The van der Waals surface area contributed by atoms with E-state index < -0.39 is 32.4 Å². The number of benzene rings is 4. The predicted octanol–water partition coefficient (Wildman–Crippen LogP) is 7.15. The van der Waals surface area contributed by atoms with Gasteiger partial charge in [0.1, 0.15) is 40.3 Å². The van der Waals surface area contributed by atoms with Crippen LogP contribution in [-0.2, 0) is 29.5 Å². The van der Waals surface area contributed by atoms with Crippen LogP contribution in [0.2, 0.25) is 0 Å². The zero-order chi connectivity index (χ0) is 32.0. The van der Waals surface area contributed by atoms with E-state index in [0.717, 1.165) is 15.9 Å². The van der Waals surface area contributed by atoms with Gasteiger partial charge in [0.15, 0.2) is 0 Å². The van der Waals surface area contributed by atoms with Crippen molar-refractivity contribution in [3.63, 3.8) is 0 Å². The molecule has 5 aromatic rings. The molecule has 0 radical (unpaired) electrons. The lowest BCUT2D eigenvalue weighted by Crippen LogP contribution is -2.33. The number of hydrogen-bond donors (Lipinski definition) is 1. The van der Waals surface area contributed by atoms with Crippen LogP contribution in [0.15, 0.2) is 109 Å². The lowest BCUT2D eigenvalue weighted by molar-refractivity contribution is 0.378.